The van der Waals surface area contributed by atoms with Crippen molar-refractivity contribution in [3.63, 3.8) is 0 Å². The van der Waals surface area contributed by atoms with Crippen LogP contribution in [-0.4, -0.2) is 133 Å². The van der Waals surface area contributed by atoms with Crippen LogP contribution in [0.15, 0.2) is 12.2 Å². The summed E-state index contributed by atoms with van der Waals surface area (Å²) >= 11 is 0. The van der Waals surface area contributed by atoms with Crippen molar-refractivity contribution in [2.75, 3.05) is 19.8 Å². The number of ether oxygens (including phenoxy) is 4. The van der Waals surface area contributed by atoms with Crippen LogP contribution in [0.2, 0.25) is 0 Å². The van der Waals surface area contributed by atoms with Crippen molar-refractivity contribution in [2.45, 2.75) is 138 Å². The number of aliphatic hydroxyl groups excluding tert-OH is 8. The summed E-state index contributed by atoms with van der Waals surface area (Å²) in [4.78, 5) is 13.9. The van der Waals surface area contributed by atoms with E-state index in [2.05, 4.69) is 13.5 Å². The second-order valence-electron chi connectivity index (χ2n) is 15.6. The van der Waals surface area contributed by atoms with Crippen LogP contribution in [0.4, 0.5) is 0 Å². The number of aliphatic hydroxyl groups is 8. The van der Waals surface area contributed by atoms with Gasteiger partial charge in [-0.05, 0) is 86.5 Å². The first-order valence-electron chi connectivity index (χ1n) is 16.8. The highest BCUT2D eigenvalue weighted by Gasteiger charge is 2.68. The van der Waals surface area contributed by atoms with Crippen LogP contribution >= 0.6 is 0 Å². The summed E-state index contributed by atoms with van der Waals surface area (Å²) in [6.07, 6.45) is -6.67. The minimum absolute atomic E-state index is 0.0156. The molecule has 2 aliphatic heterocycles. The Morgan fingerprint density at radius 1 is 0.804 bits per heavy atom. The minimum atomic E-state index is -1.66. The Bertz CT molecular complexity index is 1160. The van der Waals surface area contributed by atoms with Crippen LogP contribution in [-0.2, 0) is 23.7 Å². The molecule has 0 aromatic rings. The van der Waals surface area contributed by atoms with Crippen LogP contribution in [0, 0.1) is 28.1 Å². The monoisotopic (exact) mass is 656 g/mol. The Balaban J connectivity index is 1.17. The van der Waals surface area contributed by atoms with E-state index in [1.807, 2.05) is 6.92 Å². The maximum absolute atomic E-state index is 13.9. The standard InChI is InChI=1S/C33H52O13/c1-16-11-32-9-5-20-30(2,7-4-8-31(20,3)29(42)46-28-27(41)26(40)23(37)18(13-35)45-28)21(32)6-10-33(16,15-32)43-14-19-24(38)25(39)22(36)17(12-34)44-19/h17-28,34-41H,1,4-15H2,2-3H3/t17?,18?,19-,20?,21-,22+,23+,24?,25+,26+,27?,28-,30+,31+,32+,33-/m0/s1. The third-order valence-electron chi connectivity index (χ3n) is 13.2. The van der Waals surface area contributed by atoms with Crippen LogP contribution in [0.1, 0.15) is 71.6 Å². The molecule has 13 nitrogen and oxygen atoms in total. The quantitative estimate of drug-likeness (QED) is 0.126. The first kappa shape index (κ1) is 34.6. The maximum atomic E-state index is 13.9. The zero-order valence-electron chi connectivity index (χ0n) is 26.7. The molecule has 2 bridgehead atoms. The molecule has 262 valence electrons. The van der Waals surface area contributed by atoms with E-state index >= 15 is 0 Å². The van der Waals surface area contributed by atoms with E-state index in [0.717, 1.165) is 50.5 Å². The summed E-state index contributed by atoms with van der Waals surface area (Å²) in [7, 11) is 0. The predicted octanol–water partition coefficient (Wildman–Crippen LogP) is -0.720. The summed E-state index contributed by atoms with van der Waals surface area (Å²) in [5, 5.41) is 81.1. The lowest BCUT2D eigenvalue weighted by Gasteiger charge is -2.64. The van der Waals surface area contributed by atoms with Gasteiger partial charge in [-0.3, -0.25) is 4.79 Å². The zero-order chi connectivity index (χ0) is 33.4. The fourth-order valence-corrected chi connectivity index (χ4v) is 10.8. The van der Waals surface area contributed by atoms with Crippen LogP contribution in [0.5, 0.6) is 0 Å². The molecule has 5 unspecified atom stereocenters. The fourth-order valence-electron chi connectivity index (χ4n) is 10.8. The van der Waals surface area contributed by atoms with Crippen LogP contribution in [0.25, 0.3) is 0 Å². The number of rotatable bonds is 7. The third-order valence-corrected chi connectivity index (χ3v) is 13.2. The van der Waals surface area contributed by atoms with Gasteiger partial charge in [-0.25, -0.2) is 0 Å². The van der Waals surface area contributed by atoms with Crippen molar-refractivity contribution >= 4 is 5.97 Å². The topological polar surface area (TPSA) is 216 Å². The van der Waals surface area contributed by atoms with E-state index in [-0.39, 0.29) is 29.3 Å². The Morgan fingerprint density at radius 3 is 2.09 bits per heavy atom. The molecule has 4 saturated carbocycles. The number of carbonyl (C=O) groups excluding carboxylic acids is 1. The van der Waals surface area contributed by atoms with Crippen LogP contribution in [0.3, 0.4) is 0 Å². The van der Waals surface area contributed by atoms with Gasteiger partial charge in [0.25, 0.3) is 0 Å². The van der Waals surface area contributed by atoms with E-state index < -0.39 is 91.4 Å². The van der Waals surface area contributed by atoms with Crippen LogP contribution < -0.4 is 0 Å². The summed E-state index contributed by atoms with van der Waals surface area (Å²) in [6.45, 7) is 7.52. The Labute approximate surface area is 269 Å². The minimum Gasteiger partial charge on any atom is -0.432 e. The molecule has 13 heteroatoms. The number of fused-ring (bicyclic) bond motifs is 3. The highest BCUT2D eigenvalue weighted by molar-refractivity contribution is 5.77. The average molecular weight is 657 g/mol. The van der Waals surface area contributed by atoms with Crippen molar-refractivity contribution in [3.8, 4) is 0 Å². The first-order chi connectivity index (χ1) is 21.7. The maximum Gasteiger partial charge on any atom is 0.314 e. The van der Waals surface area contributed by atoms with Gasteiger partial charge in [-0.15, -0.1) is 0 Å². The number of carbonyl (C=O) groups is 1. The molecular weight excluding hydrogens is 604 g/mol. The van der Waals surface area contributed by atoms with Crippen molar-refractivity contribution < 1.29 is 64.6 Å². The van der Waals surface area contributed by atoms with Gasteiger partial charge in [0.15, 0.2) is 0 Å². The van der Waals surface area contributed by atoms with E-state index in [0.29, 0.717) is 12.8 Å². The van der Waals surface area contributed by atoms with E-state index in [4.69, 9.17) is 18.9 Å². The lowest BCUT2D eigenvalue weighted by atomic mass is 9.41. The fraction of sp³-hybridized carbons (Fsp3) is 0.909. The zero-order valence-corrected chi connectivity index (χ0v) is 26.7. The number of hydrogen-bond acceptors (Lipinski definition) is 13. The summed E-state index contributed by atoms with van der Waals surface area (Å²) in [5.41, 5.74) is -0.805. The predicted molar refractivity (Wildman–Crippen MR) is 159 cm³/mol. The Morgan fingerprint density at radius 2 is 1.41 bits per heavy atom. The Hall–Kier alpha value is -1.23. The molecule has 2 saturated heterocycles. The smallest absolute Gasteiger partial charge is 0.314 e. The highest BCUT2D eigenvalue weighted by Crippen LogP contribution is 2.73. The molecule has 6 rings (SSSR count). The summed E-state index contributed by atoms with van der Waals surface area (Å²) in [5.74, 6) is -0.257. The number of hydrogen-bond donors (Lipinski definition) is 8. The third kappa shape index (κ3) is 5.20. The van der Waals surface area contributed by atoms with Gasteiger partial charge < -0.3 is 59.8 Å². The van der Waals surface area contributed by atoms with Gasteiger partial charge in [0.2, 0.25) is 6.29 Å². The largest absolute Gasteiger partial charge is 0.432 e. The van der Waals surface area contributed by atoms with Gasteiger partial charge in [0.1, 0.15) is 54.9 Å². The van der Waals surface area contributed by atoms with E-state index in [1.54, 1.807) is 0 Å². The lowest BCUT2D eigenvalue weighted by molar-refractivity contribution is -0.298. The summed E-state index contributed by atoms with van der Waals surface area (Å²) < 4.78 is 23.5. The molecule has 1 spiro atoms. The average Bonchev–Trinajstić information content (AvgIpc) is 3.23. The van der Waals surface area contributed by atoms with Gasteiger partial charge in [0.05, 0.1) is 30.8 Å². The molecule has 6 fully saturated rings. The second-order valence-corrected chi connectivity index (χ2v) is 15.6. The molecule has 16 atom stereocenters. The van der Waals surface area contributed by atoms with Gasteiger partial charge in [-0.2, -0.15) is 0 Å². The highest BCUT2D eigenvalue weighted by atomic mass is 16.7. The molecule has 46 heavy (non-hydrogen) atoms. The van der Waals surface area contributed by atoms with Gasteiger partial charge >= 0.3 is 5.97 Å². The lowest BCUT2D eigenvalue weighted by Crippen LogP contribution is -2.62. The molecule has 0 radical (unpaired) electrons. The van der Waals surface area contributed by atoms with E-state index in [1.165, 1.54) is 0 Å². The first-order valence-corrected chi connectivity index (χ1v) is 16.8. The molecule has 0 aromatic carbocycles. The second kappa shape index (κ2) is 12.3. The molecular formula is C33H52O13. The van der Waals surface area contributed by atoms with Crippen molar-refractivity contribution in [1.82, 2.24) is 0 Å². The molecule has 8 N–H and O–H groups in total. The van der Waals surface area contributed by atoms with Crippen molar-refractivity contribution in [3.05, 3.63) is 12.2 Å². The molecule has 0 amide bonds. The van der Waals surface area contributed by atoms with Crippen molar-refractivity contribution in [2.24, 2.45) is 28.1 Å². The molecule has 6 aliphatic rings. The normalized spacial score (nSPS) is 53.7. The molecule has 0 aromatic heterocycles. The summed E-state index contributed by atoms with van der Waals surface area (Å²) in [6, 6.07) is 0. The Kier molecular flexibility index (Phi) is 9.24. The number of esters is 1. The van der Waals surface area contributed by atoms with Gasteiger partial charge in [-0.1, -0.05) is 19.9 Å². The van der Waals surface area contributed by atoms with Crippen molar-refractivity contribution in [1.29, 1.82) is 0 Å². The molecule has 2 heterocycles. The molecule has 4 aliphatic carbocycles. The van der Waals surface area contributed by atoms with E-state index in [9.17, 15) is 45.6 Å². The SMILES string of the molecule is C=C1C[C@@]23CCC4[C@](C)(C(=O)O[C@@H]5OC(CO)[C@@H](O)[C@@H](O)C5O)CCC[C@@]4(C)[C@@H]2CC[C@]1(OC[C@@H]1OC(CO)[C@@H](O)[C@@H](O)C1O)C3. The van der Waals surface area contributed by atoms with Gasteiger partial charge in [0, 0.05) is 0 Å².